The summed E-state index contributed by atoms with van der Waals surface area (Å²) in [5.74, 6) is 4.47. The minimum Gasteiger partial charge on any atom is -0.478 e. The minimum absolute atomic E-state index is 0.587. The number of carboxylic acids is 2. The number of benzene rings is 1. The number of hydrogen-bond acceptors (Lipinski definition) is 6. The van der Waals surface area contributed by atoms with E-state index in [4.69, 9.17) is 21.9 Å². The van der Waals surface area contributed by atoms with E-state index in [1.165, 1.54) is 0 Å². The van der Waals surface area contributed by atoms with Crippen molar-refractivity contribution in [3.05, 3.63) is 34.4 Å². The maximum atomic E-state index is 11.6. The zero-order valence-corrected chi connectivity index (χ0v) is 9.84. The smallest absolute Gasteiger partial charge is 0.336 e. The Hall–Kier alpha value is -2.98. The number of amides is 2. The minimum atomic E-state index is -1.54. The summed E-state index contributed by atoms with van der Waals surface area (Å²) in [6.45, 7) is 0. The Morgan fingerprint density at radius 1 is 0.800 bits per heavy atom. The van der Waals surface area contributed by atoms with Crippen LogP contribution < -0.4 is 22.5 Å². The number of carbonyl (C=O) groups is 4. The summed E-state index contributed by atoms with van der Waals surface area (Å²) in [5.41, 5.74) is 0.735. The Kier molecular flexibility index (Phi) is 4.35. The average Bonchev–Trinajstić information content (AvgIpc) is 2.43. The summed E-state index contributed by atoms with van der Waals surface area (Å²) in [6.07, 6.45) is 0. The first-order valence-corrected chi connectivity index (χ1v) is 5.00. The van der Waals surface area contributed by atoms with E-state index in [-0.39, 0.29) is 0 Å². The molecule has 0 bridgehead atoms. The van der Waals surface area contributed by atoms with Gasteiger partial charge in [-0.2, -0.15) is 0 Å². The topological polar surface area (TPSA) is 185 Å². The fourth-order valence-electron chi connectivity index (χ4n) is 1.58. The Bertz CT molecular complexity index is 559. The van der Waals surface area contributed by atoms with Gasteiger partial charge in [0, 0.05) is 0 Å². The molecule has 106 valence electrons. The molecule has 0 fully saturated rings. The fourth-order valence-corrected chi connectivity index (χ4v) is 1.58. The first-order valence-electron chi connectivity index (χ1n) is 5.00. The highest BCUT2D eigenvalue weighted by molar-refractivity contribution is 6.16. The van der Waals surface area contributed by atoms with Crippen molar-refractivity contribution in [1.82, 2.24) is 10.9 Å². The molecule has 0 aliphatic carbocycles. The molecule has 0 atom stereocenters. The fraction of sp³-hybridized carbons (Fsp3) is 0. The molecule has 8 N–H and O–H groups in total. The van der Waals surface area contributed by atoms with Crippen LogP contribution in [0, 0.1) is 0 Å². The third-order valence-corrected chi connectivity index (χ3v) is 2.38. The quantitative estimate of drug-likeness (QED) is 0.214. The Morgan fingerprint density at radius 3 is 1.30 bits per heavy atom. The van der Waals surface area contributed by atoms with Gasteiger partial charge in [0.15, 0.2) is 0 Å². The Morgan fingerprint density at radius 2 is 1.10 bits per heavy atom. The first-order chi connectivity index (χ1) is 9.34. The van der Waals surface area contributed by atoms with Crippen LogP contribution in [0.5, 0.6) is 0 Å². The van der Waals surface area contributed by atoms with Crippen LogP contribution in [0.3, 0.4) is 0 Å². The second kappa shape index (κ2) is 5.77. The molecule has 0 aliphatic heterocycles. The lowest BCUT2D eigenvalue weighted by molar-refractivity contribution is 0.0675. The van der Waals surface area contributed by atoms with E-state index in [9.17, 15) is 19.2 Å². The number of nitrogen functional groups attached to an aromatic ring is 2. The second-order valence-corrected chi connectivity index (χ2v) is 3.47. The largest absolute Gasteiger partial charge is 0.478 e. The molecule has 10 heteroatoms. The van der Waals surface area contributed by atoms with Crippen LogP contribution in [0.2, 0.25) is 0 Å². The normalized spacial score (nSPS) is 9.70. The molecule has 0 heterocycles. The van der Waals surface area contributed by atoms with Crippen molar-refractivity contribution in [2.45, 2.75) is 0 Å². The van der Waals surface area contributed by atoms with Gasteiger partial charge >= 0.3 is 11.9 Å². The van der Waals surface area contributed by atoms with Crippen LogP contribution in [0.15, 0.2) is 12.1 Å². The summed E-state index contributed by atoms with van der Waals surface area (Å²) in [5, 5.41) is 18.0. The summed E-state index contributed by atoms with van der Waals surface area (Å²) in [6, 6.07) is 1.76. The number of hydrazine groups is 2. The van der Waals surface area contributed by atoms with E-state index >= 15 is 0 Å². The molecule has 0 aliphatic rings. The van der Waals surface area contributed by atoms with Crippen LogP contribution in [-0.4, -0.2) is 34.0 Å². The van der Waals surface area contributed by atoms with Crippen LogP contribution in [0.4, 0.5) is 0 Å². The third kappa shape index (κ3) is 2.55. The van der Waals surface area contributed by atoms with Crippen molar-refractivity contribution in [2.75, 3.05) is 0 Å². The average molecular weight is 282 g/mol. The number of nitrogens with one attached hydrogen (secondary N) is 2. The van der Waals surface area contributed by atoms with E-state index in [1.807, 2.05) is 0 Å². The predicted molar refractivity (Wildman–Crippen MR) is 63.7 cm³/mol. The molecule has 0 unspecified atom stereocenters. The molecule has 0 saturated heterocycles. The van der Waals surface area contributed by atoms with Gasteiger partial charge in [-0.25, -0.2) is 21.3 Å². The molecule has 1 aromatic carbocycles. The van der Waals surface area contributed by atoms with Crippen LogP contribution in [-0.2, 0) is 0 Å². The van der Waals surface area contributed by atoms with E-state index in [1.54, 1.807) is 10.9 Å². The van der Waals surface area contributed by atoms with E-state index in [2.05, 4.69) is 0 Å². The van der Waals surface area contributed by atoms with Crippen molar-refractivity contribution in [3.63, 3.8) is 0 Å². The van der Waals surface area contributed by atoms with Crippen molar-refractivity contribution < 1.29 is 29.4 Å². The SMILES string of the molecule is NNC(=O)c1c(C(=O)O)ccc(C(=O)O)c1C(=O)NN. The first kappa shape index (κ1) is 15.1. The van der Waals surface area contributed by atoms with Gasteiger partial charge < -0.3 is 10.2 Å². The molecule has 1 aromatic rings. The maximum absolute atomic E-state index is 11.6. The summed E-state index contributed by atoms with van der Waals surface area (Å²) in [4.78, 5) is 45.4. The molecular formula is C10H10N4O6. The van der Waals surface area contributed by atoms with Gasteiger partial charge in [0.1, 0.15) is 0 Å². The number of carboxylic acid groups (broad SMARTS) is 2. The van der Waals surface area contributed by atoms with Gasteiger partial charge in [0.25, 0.3) is 11.8 Å². The zero-order chi connectivity index (χ0) is 15.4. The van der Waals surface area contributed by atoms with Gasteiger partial charge in [0.2, 0.25) is 0 Å². The van der Waals surface area contributed by atoms with Crippen molar-refractivity contribution in [2.24, 2.45) is 11.7 Å². The Labute approximate surface area is 111 Å². The number of aromatic carboxylic acids is 2. The van der Waals surface area contributed by atoms with Crippen molar-refractivity contribution in [3.8, 4) is 0 Å². The van der Waals surface area contributed by atoms with Gasteiger partial charge in [-0.05, 0) is 12.1 Å². The van der Waals surface area contributed by atoms with Crippen molar-refractivity contribution >= 4 is 23.8 Å². The molecule has 0 spiro atoms. The van der Waals surface area contributed by atoms with Crippen LogP contribution in [0.25, 0.3) is 0 Å². The molecule has 20 heavy (non-hydrogen) atoms. The molecular weight excluding hydrogens is 272 g/mol. The number of carbonyl (C=O) groups excluding carboxylic acids is 2. The van der Waals surface area contributed by atoms with E-state index in [0.29, 0.717) is 0 Å². The lowest BCUT2D eigenvalue weighted by Crippen LogP contribution is -2.37. The molecule has 1 rings (SSSR count). The van der Waals surface area contributed by atoms with Gasteiger partial charge in [-0.1, -0.05) is 0 Å². The summed E-state index contributed by atoms with van der Waals surface area (Å²) in [7, 11) is 0. The van der Waals surface area contributed by atoms with Crippen LogP contribution >= 0.6 is 0 Å². The van der Waals surface area contributed by atoms with Crippen LogP contribution in [0.1, 0.15) is 41.4 Å². The highest BCUT2D eigenvalue weighted by Gasteiger charge is 2.28. The lowest BCUT2D eigenvalue weighted by atomic mass is 9.94. The van der Waals surface area contributed by atoms with Gasteiger partial charge in [-0.3, -0.25) is 20.4 Å². The maximum Gasteiger partial charge on any atom is 0.336 e. The summed E-state index contributed by atoms with van der Waals surface area (Å²) < 4.78 is 0. The highest BCUT2D eigenvalue weighted by atomic mass is 16.4. The molecule has 10 nitrogen and oxygen atoms in total. The zero-order valence-electron chi connectivity index (χ0n) is 9.84. The second-order valence-electron chi connectivity index (χ2n) is 3.47. The van der Waals surface area contributed by atoms with E-state index < -0.39 is 46.0 Å². The number of rotatable bonds is 4. The standard InChI is InChI=1S/C10H10N4O6/c11-13-7(15)5-3(9(17)18)1-2-4(10(19)20)6(5)8(16)14-12/h1-2H,11-12H2,(H,13,15)(H,14,16)(H,17,18)(H,19,20). The van der Waals surface area contributed by atoms with Crippen molar-refractivity contribution in [1.29, 1.82) is 0 Å². The monoisotopic (exact) mass is 282 g/mol. The molecule has 0 aromatic heterocycles. The van der Waals surface area contributed by atoms with Gasteiger partial charge in [-0.15, -0.1) is 0 Å². The number of hydrogen-bond donors (Lipinski definition) is 6. The lowest BCUT2D eigenvalue weighted by Gasteiger charge is -2.12. The third-order valence-electron chi connectivity index (χ3n) is 2.38. The predicted octanol–water partition coefficient (Wildman–Crippen LogP) is -1.71. The molecule has 0 saturated carbocycles. The highest BCUT2D eigenvalue weighted by Crippen LogP contribution is 2.20. The van der Waals surface area contributed by atoms with E-state index in [0.717, 1.165) is 12.1 Å². The molecule has 0 radical (unpaired) electrons. The summed E-state index contributed by atoms with van der Waals surface area (Å²) >= 11 is 0. The number of nitrogens with two attached hydrogens (primary N) is 2. The Balaban J connectivity index is 3.82. The van der Waals surface area contributed by atoms with Gasteiger partial charge in [0.05, 0.1) is 22.3 Å². The molecule has 2 amide bonds.